The summed E-state index contributed by atoms with van der Waals surface area (Å²) in [5.41, 5.74) is 6.50. The quantitative estimate of drug-likeness (QED) is 0.582. The fraction of sp³-hybridized carbons (Fsp3) is 0.300. The highest BCUT2D eigenvalue weighted by Crippen LogP contribution is 2.14. The van der Waals surface area contributed by atoms with Crippen molar-refractivity contribution in [1.29, 1.82) is 0 Å². The van der Waals surface area contributed by atoms with Gasteiger partial charge in [-0.05, 0) is 6.92 Å². The van der Waals surface area contributed by atoms with Gasteiger partial charge in [-0.2, -0.15) is 0 Å². The monoisotopic (exact) mass is 194 g/mol. The van der Waals surface area contributed by atoms with Crippen molar-refractivity contribution < 1.29 is 9.53 Å². The van der Waals surface area contributed by atoms with Crippen LogP contribution < -0.4 is 5.73 Å². The number of hydrogen-bond donors (Lipinski definition) is 1. The molecule has 2 N–H and O–H groups in total. The van der Waals surface area contributed by atoms with E-state index in [4.69, 9.17) is 10.5 Å². The van der Waals surface area contributed by atoms with Gasteiger partial charge in [-0.3, -0.25) is 0 Å². The fourth-order valence-corrected chi connectivity index (χ4v) is 1.09. The molecule has 0 spiro atoms. The van der Waals surface area contributed by atoms with E-state index >= 15 is 0 Å². The van der Waals surface area contributed by atoms with E-state index in [1.54, 1.807) is 12.4 Å². The summed E-state index contributed by atoms with van der Waals surface area (Å²) in [4.78, 5) is 11.4. The van der Waals surface area contributed by atoms with Gasteiger partial charge in [-0.15, -0.1) is 0 Å². The molecular weight excluding hydrogens is 180 g/mol. The molecule has 0 aromatic carbocycles. The van der Waals surface area contributed by atoms with Gasteiger partial charge in [0.2, 0.25) is 0 Å². The number of aryl methyl sites for hydroxylation is 1. The molecule has 4 heteroatoms. The first-order valence-electron chi connectivity index (χ1n) is 4.42. The third-order valence-corrected chi connectivity index (χ3v) is 1.83. The minimum Gasteiger partial charge on any atom is -0.458 e. The molecule has 0 amide bonds. The third-order valence-electron chi connectivity index (χ3n) is 1.83. The largest absolute Gasteiger partial charge is 0.458 e. The van der Waals surface area contributed by atoms with E-state index in [1.165, 1.54) is 6.08 Å². The standard InChI is InChI=1S/C10H14N2O2/c1-3-5-14-10(13)8-6-12(4-2)7-9(8)11/h3,6-7H,1,4-5,11H2,2H3. The highest BCUT2D eigenvalue weighted by molar-refractivity contribution is 5.94. The molecule has 14 heavy (non-hydrogen) atoms. The van der Waals surface area contributed by atoms with Gasteiger partial charge in [0.25, 0.3) is 0 Å². The summed E-state index contributed by atoms with van der Waals surface area (Å²) in [6, 6.07) is 0. The zero-order valence-electron chi connectivity index (χ0n) is 8.19. The molecule has 0 saturated heterocycles. The second-order valence-electron chi connectivity index (χ2n) is 2.84. The molecule has 0 bridgehead atoms. The van der Waals surface area contributed by atoms with Crippen molar-refractivity contribution in [2.24, 2.45) is 0 Å². The van der Waals surface area contributed by atoms with Gasteiger partial charge < -0.3 is 15.0 Å². The topological polar surface area (TPSA) is 57.2 Å². The molecular formula is C10H14N2O2. The number of ether oxygens (including phenoxy) is 1. The maximum atomic E-state index is 11.4. The zero-order chi connectivity index (χ0) is 10.6. The number of anilines is 1. The number of esters is 1. The summed E-state index contributed by atoms with van der Waals surface area (Å²) in [5, 5.41) is 0. The molecule has 4 nitrogen and oxygen atoms in total. The lowest BCUT2D eigenvalue weighted by atomic mass is 10.3. The number of nitrogen functional groups attached to an aromatic ring is 1. The molecule has 0 aliphatic rings. The predicted molar refractivity (Wildman–Crippen MR) is 55.0 cm³/mol. The van der Waals surface area contributed by atoms with Crippen LogP contribution in [0.25, 0.3) is 0 Å². The van der Waals surface area contributed by atoms with Crippen LogP contribution in [0.2, 0.25) is 0 Å². The van der Waals surface area contributed by atoms with Crippen LogP contribution in [0.1, 0.15) is 17.3 Å². The Balaban J connectivity index is 2.78. The summed E-state index contributed by atoms with van der Waals surface area (Å²) in [6.45, 7) is 6.41. The molecule has 76 valence electrons. The van der Waals surface area contributed by atoms with Gasteiger partial charge in [0.1, 0.15) is 12.2 Å². The highest BCUT2D eigenvalue weighted by Gasteiger charge is 2.12. The van der Waals surface area contributed by atoms with Crippen LogP contribution >= 0.6 is 0 Å². The van der Waals surface area contributed by atoms with Crippen molar-refractivity contribution >= 4 is 11.7 Å². The van der Waals surface area contributed by atoms with Gasteiger partial charge >= 0.3 is 5.97 Å². The van der Waals surface area contributed by atoms with E-state index in [9.17, 15) is 4.79 Å². The molecule has 0 saturated carbocycles. The predicted octanol–water partition coefficient (Wildman–Crippen LogP) is 1.43. The Morgan fingerprint density at radius 3 is 2.93 bits per heavy atom. The van der Waals surface area contributed by atoms with E-state index in [2.05, 4.69) is 6.58 Å². The Morgan fingerprint density at radius 2 is 2.43 bits per heavy atom. The van der Waals surface area contributed by atoms with Crippen molar-refractivity contribution in [3.63, 3.8) is 0 Å². The lowest BCUT2D eigenvalue weighted by molar-refractivity contribution is 0.0551. The van der Waals surface area contributed by atoms with Gasteiger partial charge in [-0.1, -0.05) is 12.7 Å². The average molecular weight is 194 g/mol. The van der Waals surface area contributed by atoms with Gasteiger partial charge in [0.15, 0.2) is 0 Å². The van der Waals surface area contributed by atoms with Crippen LogP contribution in [0.4, 0.5) is 5.69 Å². The molecule has 0 fully saturated rings. The minimum atomic E-state index is -0.408. The number of nitrogens with zero attached hydrogens (tertiary/aromatic N) is 1. The molecule has 1 aromatic heterocycles. The molecule has 0 unspecified atom stereocenters. The maximum absolute atomic E-state index is 11.4. The maximum Gasteiger partial charge on any atom is 0.342 e. The Hall–Kier alpha value is -1.71. The first-order valence-corrected chi connectivity index (χ1v) is 4.42. The minimum absolute atomic E-state index is 0.204. The molecule has 0 atom stereocenters. The van der Waals surface area contributed by atoms with Crippen LogP contribution in [0, 0.1) is 0 Å². The normalized spacial score (nSPS) is 9.79. The number of carbonyl (C=O) groups is 1. The SMILES string of the molecule is C=CCOC(=O)c1cn(CC)cc1N. The number of aromatic nitrogens is 1. The first-order chi connectivity index (χ1) is 6.69. The van der Waals surface area contributed by atoms with Crippen LogP contribution in [-0.4, -0.2) is 17.1 Å². The lowest BCUT2D eigenvalue weighted by Gasteiger charge is -1.99. The van der Waals surface area contributed by atoms with Gasteiger partial charge in [-0.25, -0.2) is 4.79 Å². The summed E-state index contributed by atoms with van der Waals surface area (Å²) in [6.07, 6.45) is 4.91. The molecule has 1 rings (SSSR count). The van der Waals surface area contributed by atoms with E-state index in [-0.39, 0.29) is 6.61 Å². The summed E-state index contributed by atoms with van der Waals surface area (Å²) < 4.78 is 6.70. The molecule has 1 aromatic rings. The Bertz CT molecular complexity index is 342. The Labute approximate surface area is 83.0 Å². The molecule has 0 radical (unpaired) electrons. The van der Waals surface area contributed by atoms with E-state index in [1.807, 2.05) is 11.5 Å². The van der Waals surface area contributed by atoms with Crippen LogP contribution in [0.3, 0.4) is 0 Å². The van der Waals surface area contributed by atoms with Crippen molar-refractivity contribution in [1.82, 2.24) is 4.57 Å². The molecule has 1 heterocycles. The summed E-state index contributed by atoms with van der Waals surface area (Å²) in [7, 11) is 0. The first kappa shape index (κ1) is 10.4. The van der Waals surface area contributed by atoms with Crippen molar-refractivity contribution in [2.45, 2.75) is 13.5 Å². The van der Waals surface area contributed by atoms with E-state index < -0.39 is 5.97 Å². The number of hydrogen-bond acceptors (Lipinski definition) is 3. The summed E-state index contributed by atoms with van der Waals surface area (Å²) in [5.74, 6) is -0.408. The lowest BCUT2D eigenvalue weighted by Crippen LogP contribution is -2.06. The second kappa shape index (κ2) is 4.50. The number of nitrogens with two attached hydrogens (primary N) is 1. The average Bonchev–Trinajstić information content (AvgIpc) is 2.56. The second-order valence-corrected chi connectivity index (χ2v) is 2.84. The Kier molecular flexibility index (Phi) is 3.34. The number of rotatable bonds is 4. The van der Waals surface area contributed by atoms with Gasteiger partial charge in [0.05, 0.1) is 5.69 Å². The smallest absolute Gasteiger partial charge is 0.342 e. The van der Waals surface area contributed by atoms with Crippen molar-refractivity contribution in [3.05, 3.63) is 30.6 Å². The zero-order valence-corrected chi connectivity index (χ0v) is 8.19. The van der Waals surface area contributed by atoms with Crippen LogP contribution in [0.15, 0.2) is 25.0 Å². The van der Waals surface area contributed by atoms with Crippen molar-refractivity contribution in [3.8, 4) is 0 Å². The van der Waals surface area contributed by atoms with Crippen LogP contribution in [0.5, 0.6) is 0 Å². The summed E-state index contributed by atoms with van der Waals surface area (Å²) >= 11 is 0. The fourth-order valence-electron chi connectivity index (χ4n) is 1.09. The van der Waals surface area contributed by atoms with Crippen molar-refractivity contribution in [2.75, 3.05) is 12.3 Å². The number of carbonyl (C=O) groups excluding carboxylic acids is 1. The highest BCUT2D eigenvalue weighted by atomic mass is 16.5. The van der Waals surface area contributed by atoms with Crippen LogP contribution in [-0.2, 0) is 11.3 Å². The third kappa shape index (κ3) is 2.16. The molecule has 0 aliphatic carbocycles. The van der Waals surface area contributed by atoms with E-state index in [0.717, 1.165) is 6.54 Å². The van der Waals surface area contributed by atoms with E-state index in [0.29, 0.717) is 11.3 Å². The Morgan fingerprint density at radius 1 is 1.71 bits per heavy atom. The van der Waals surface area contributed by atoms with Gasteiger partial charge in [0, 0.05) is 18.9 Å². The molecule has 0 aliphatic heterocycles.